The van der Waals surface area contributed by atoms with Gasteiger partial charge in [-0.1, -0.05) is 0 Å². The van der Waals surface area contributed by atoms with Gasteiger partial charge in [0.05, 0.1) is 5.56 Å². The minimum atomic E-state index is -4.94. The van der Waals surface area contributed by atoms with Gasteiger partial charge < -0.3 is 15.8 Å². The molecule has 0 saturated carbocycles. The largest absolute Gasteiger partial charge is 0.433 e. The summed E-state index contributed by atoms with van der Waals surface area (Å²) in [6.45, 7) is 0. The van der Waals surface area contributed by atoms with E-state index in [2.05, 4.69) is 10.4 Å². The highest BCUT2D eigenvalue weighted by molar-refractivity contribution is 6.12. The zero-order chi connectivity index (χ0) is 18.9. The minimum Gasteiger partial charge on any atom is -0.420 e. The lowest BCUT2D eigenvalue weighted by Crippen LogP contribution is -2.43. The number of amides is 1. The van der Waals surface area contributed by atoms with Crippen molar-refractivity contribution < 1.29 is 27.1 Å². The van der Waals surface area contributed by atoms with Gasteiger partial charge in [0.15, 0.2) is 0 Å². The molecule has 1 atom stereocenters. The van der Waals surface area contributed by atoms with E-state index >= 15 is 0 Å². The highest BCUT2D eigenvalue weighted by atomic mass is 19.4. The third-order valence-corrected chi connectivity index (χ3v) is 4.31. The predicted octanol–water partition coefficient (Wildman–Crippen LogP) is 1.89. The van der Waals surface area contributed by atoms with Crippen LogP contribution in [-0.4, -0.2) is 16.1 Å². The number of ether oxygens (including phenoxy) is 1. The van der Waals surface area contributed by atoms with Gasteiger partial charge in [-0.15, -0.1) is 5.10 Å². The molecule has 4 rings (SSSR count). The zero-order valence-corrected chi connectivity index (χ0v) is 12.5. The lowest BCUT2D eigenvalue weighted by molar-refractivity contribution is -0.142. The number of carbonyl (C=O) groups is 1. The molecule has 1 aromatic carbocycles. The van der Waals surface area contributed by atoms with Gasteiger partial charge in [-0.3, -0.25) is 9.89 Å². The van der Waals surface area contributed by atoms with E-state index < -0.39 is 51.9 Å². The average Bonchev–Trinajstić information content (AvgIpc) is 3.09. The molecule has 0 saturated heterocycles. The number of anilines is 1. The molecule has 132 valence electrons. The van der Waals surface area contributed by atoms with Gasteiger partial charge in [0.2, 0.25) is 17.7 Å². The molecule has 3 heterocycles. The fourth-order valence-corrected chi connectivity index (χ4v) is 3.33. The van der Waals surface area contributed by atoms with Gasteiger partial charge in [0, 0.05) is 11.3 Å². The number of hydrogen-bond acceptors (Lipinski definition) is 5. The molecule has 4 N–H and O–H groups in total. The van der Waals surface area contributed by atoms with Crippen LogP contribution in [0.4, 0.5) is 23.2 Å². The van der Waals surface area contributed by atoms with Crippen LogP contribution < -0.4 is 15.8 Å². The number of hydrogen-bond donors (Lipinski definition) is 3. The molecule has 2 aliphatic heterocycles. The summed E-state index contributed by atoms with van der Waals surface area (Å²) < 4.78 is 59.3. The second kappa shape index (κ2) is 4.75. The number of rotatable bonds is 0. The lowest BCUT2D eigenvalue weighted by Gasteiger charge is -2.32. The number of nitrogens with zero attached hydrogens (tertiary/aromatic N) is 2. The van der Waals surface area contributed by atoms with Crippen LogP contribution in [0.5, 0.6) is 5.88 Å². The molecule has 26 heavy (non-hydrogen) atoms. The summed E-state index contributed by atoms with van der Waals surface area (Å²) in [6, 6.07) is 4.71. The Bertz CT molecular complexity index is 1050. The molecule has 1 spiro atoms. The van der Waals surface area contributed by atoms with Crippen LogP contribution in [-0.2, 0) is 16.4 Å². The smallest absolute Gasteiger partial charge is 0.420 e. The molecule has 0 radical (unpaired) electrons. The molecule has 1 aromatic heterocycles. The number of aromatic amines is 1. The number of halogens is 4. The van der Waals surface area contributed by atoms with Gasteiger partial charge in [-0.25, -0.2) is 4.39 Å². The maximum atomic E-state index is 13.8. The standard InChI is InChI=1S/C15H7F4N5O2/c16-5-1-2-8-6(3-5)14(13(25)22-8)7(4-20)11(21)26-12-9(14)10(23-24-12)15(17,18)19/h1-3H,21H2,(H,22,25)(H,23,24). The van der Waals surface area contributed by atoms with Crippen molar-refractivity contribution >= 4 is 11.6 Å². The summed E-state index contributed by atoms with van der Waals surface area (Å²) in [5, 5.41) is 17.1. The van der Waals surface area contributed by atoms with Gasteiger partial charge in [0.25, 0.3) is 0 Å². The summed E-state index contributed by atoms with van der Waals surface area (Å²) in [7, 11) is 0. The second-order valence-electron chi connectivity index (χ2n) is 5.62. The Labute approximate surface area is 142 Å². The molecular formula is C15H7F4N5O2. The lowest BCUT2D eigenvalue weighted by atomic mass is 9.69. The van der Waals surface area contributed by atoms with E-state index in [0.29, 0.717) is 0 Å². The number of H-pyrrole nitrogens is 1. The molecule has 0 bridgehead atoms. The third-order valence-electron chi connectivity index (χ3n) is 4.31. The van der Waals surface area contributed by atoms with Crippen LogP contribution in [0.3, 0.4) is 0 Å². The summed E-state index contributed by atoms with van der Waals surface area (Å²) in [4.78, 5) is 12.8. The Morgan fingerprint density at radius 3 is 2.73 bits per heavy atom. The number of nitrogens with one attached hydrogen (secondary N) is 2. The van der Waals surface area contributed by atoms with Crippen LogP contribution in [0.2, 0.25) is 0 Å². The second-order valence-corrected chi connectivity index (χ2v) is 5.62. The Balaban J connectivity index is 2.18. The molecule has 2 aliphatic rings. The van der Waals surface area contributed by atoms with Crippen molar-refractivity contribution in [2.75, 3.05) is 5.32 Å². The van der Waals surface area contributed by atoms with Crippen LogP contribution >= 0.6 is 0 Å². The molecule has 0 aliphatic carbocycles. The van der Waals surface area contributed by atoms with Gasteiger partial charge in [-0.2, -0.15) is 18.4 Å². The Kier molecular flexibility index (Phi) is 2.91. The van der Waals surface area contributed by atoms with Crippen molar-refractivity contribution in [2.24, 2.45) is 5.73 Å². The molecule has 7 nitrogen and oxygen atoms in total. The molecule has 0 fully saturated rings. The molecule has 1 amide bonds. The fraction of sp³-hybridized carbons (Fsp3) is 0.133. The first-order valence-corrected chi connectivity index (χ1v) is 7.07. The Morgan fingerprint density at radius 2 is 2.08 bits per heavy atom. The summed E-state index contributed by atoms with van der Waals surface area (Å²) >= 11 is 0. The normalized spacial score (nSPS) is 21.1. The third kappa shape index (κ3) is 1.75. The summed E-state index contributed by atoms with van der Waals surface area (Å²) in [5.74, 6) is -3.00. The Hall–Kier alpha value is -3.55. The molecule has 1 unspecified atom stereocenters. The van der Waals surface area contributed by atoms with Gasteiger partial charge >= 0.3 is 6.18 Å². The van der Waals surface area contributed by atoms with Gasteiger partial charge in [-0.05, 0) is 18.2 Å². The van der Waals surface area contributed by atoms with Crippen molar-refractivity contribution in [3.05, 3.63) is 52.3 Å². The van der Waals surface area contributed by atoms with Crippen molar-refractivity contribution in [3.8, 4) is 11.9 Å². The highest BCUT2D eigenvalue weighted by Gasteiger charge is 2.61. The Morgan fingerprint density at radius 1 is 1.35 bits per heavy atom. The van der Waals surface area contributed by atoms with Crippen LogP contribution in [0.1, 0.15) is 16.8 Å². The number of nitriles is 1. The SMILES string of the molecule is N#CC1=C(N)Oc2n[nH]c(C(F)(F)F)c2C12C(=O)Nc1ccc(F)cc12. The predicted molar refractivity (Wildman–Crippen MR) is 76.9 cm³/mol. The summed E-state index contributed by atoms with van der Waals surface area (Å²) in [6.07, 6.45) is -4.94. The van der Waals surface area contributed by atoms with Crippen molar-refractivity contribution in [3.63, 3.8) is 0 Å². The first kappa shape index (κ1) is 15.9. The summed E-state index contributed by atoms with van der Waals surface area (Å²) in [5.41, 5.74) is 0.490. The van der Waals surface area contributed by atoms with Crippen LogP contribution in [0.15, 0.2) is 29.7 Å². The van der Waals surface area contributed by atoms with Gasteiger partial charge in [0.1, 0.15) is 28.6 Å². The van der Waals surface area contributed by atoms with Crippen molar-refractivity contribution in [2.45, 2.75) is 11.6 Å². The maximum Gasteiger partial charge on any atom is 0.433 e. The molecular weight excluding hydrogens is 358 g/mol. The number of alkyl halides is 3. The average molecular weight is 365 g/mol. The fourth-order valence-electron chi connectivity index (χ4n) is 3.33. The molecule has 11 heteroatoms. The van der Waals surface area contributed by atoms with Crippen LogP contribution in [0, 0.1) is 17.1 Å². The van der Waals surface area contributed by atoms with Crippen molar-refractivity contribution in [1.82, 2.24) is 10.2 Å². The van der Waals surface area contributed by atoms with E-state index in [0.717, 1.165) is 12.1 Å². The van der Waals surface area contributed by atoms with E-state index in [4.69, 9.17) is 10.5 Å². The number of aromatic nitrogens is 2. The van der Waals surface area contributed by atoms with E-state index in [-0.39, 0.29) is 11.3 Å². The topological polar surface area (TPSA) is 117 Å². The molecule has 2 aromatic rings. The highest BCUT2D eigenvalue weighted by Crippen LogP contribution is 2.55. The number of fused-ring (bicyclic) bond motifs is 4. The minimum absolute atomic E-state index is 0.0547. The number of carbonyl (C=O) groups excluding carboxylic acids is 1. The van der Waals surface area contributed by atoms with Crippen LogP contribution in [0.25, 0.3) is 0 Å². The first-order valence-electron chi connectivity index (χ1n) is 7.07. The van der Waals surface area contributed by atoms with Crippen molar-refractivity contribution in [1.29, 1.82) is 5.26 Å². The first-order chi connectivity index (χ1) is 12.2. The zero-order valence-electron chi connectivity index (χ0n) is 12.5. The number of benzene rings is 1. The van der Waals surface area contributed by atoms with E-state index in [9.17, 15) is 27.6 Å². The maximum absolute atomic E-state index is 13.8. The number of nitrogens with two attached hydrogens (primary N) is 1. The van der Waals surface area contributed by atoms with E-state index in [1.165, 1.54) is 6.07 Å². The van der Waals surface area contributed by atoms with E-state index in [1.807, 2.05) is 0 Å². The quantitative estimate of drug-likeness (QED) is 0.617. The monoisotopic (exact) mass is 365 g/mol. The van der Waals surface area contributed by atoms with E-state index in [1.54, 1.807) is 11.2 Å².